The van der Waals surface area contributed by atoms with Crippen LogP contribution in [0.15, 0.2) is 28.8 Å². The lowest BCUT2D eigenvalue weighted by Crippen LogP contribution is -2.29. The highest BCUT2D eigenvalue weighted by Gasteiger charge is 2.34. The minimum absolute atomic E-state index is 0.185. The average molecular weight is 349 g/mol. The van der Waals surface area contributed by atoms with Gasteiger partial charge in [0.05, 0.1) is 5.56 Å². The molecule has 3 rings (SSSR count). The number of carbonyl (C=O) groups is 1. The van der Waals surface area contributed by atoms with Gasteiger partial charge in [-0.2, -0.15) is 18.2 Å². The maximum atomic E-state index is 12.6. The van der Waals surface area contributed by atoms with Gasteiger partial charge in [-0.15, -0.1) is 0 Å². The minimum atomic E-state index is -4.40. The standard InChI is InChI=1S/C17H14F3N3O2/c1-2-4-14(24)23-10-3-5-13(23)16-21-15(22-25-16)11-6-8-12(9-7-11)17(18,19)20/h6-9,13H,3,5,10H2,1H3. The van der Waals surface area contributed by atoms with E-state index in [0.717, 1.165) is 18.6 Å². The smallest absolute Gasteiger partial charge is 0.337 e. The highest BCUT2D eigenvalue weighted by atomic mass is 19.4. The Hall–Kier alpha value is -2.82. The van der Waals surface area contributed by atoms with E-state index in [-0.39, 0.29) is 23.7 Å². The summed E-state index contributed by atoms with van der Waals surface area (Å²) >= 11 is 0. The van der Waals surface area contributed by atoms with Crippen molar-refractivity contribution in [2.45, 2.75) is 32.0 Å². The monoisotopic (exact) mass is 349 g/mol. The highest BCUT2D eigenvalue weighted by molar-refractivity contribution is 5.93. The number of amides is 1. The molecule has 1 saturated heterocycles. The Kier molecular flexibility index (Phi) is 4.49. The number of nitrogens with zero attached hydrogens (tertiary/aromatic N) is 3. The zero-order valence-electron chi connectivity index (χ0n) is 13.3. The zero-order chi connectivity index (χ0) is 18.0. The first kappa shape index (κ1) is 17.0. The molecule has 130 valence electrons. The van der Waals surface area contributed by atoms with Crippen LogP contribution in [0.5, 0.6) is 0 Å². The summed E-state index contributed by atoms with van der Waals surface area (Å²) in [7, 11) is 0. The van der Waals surface area contributed by atoms with Gasteiger partial charge in [-0.3, -0.25) is 4.79 Å². The number of carbonyl (C=O) groups excluding carboxylic acids is 1. The maximum absolute atomic E-state index is 12.6. The van der Waals surface area contributed by atoms with Crippen LogP contribution in [0.3, 0.4) is 0 Å². The van der Waals surface area contributed by atoms with E-state index in [1.54, 1.807) is 11.8 Å². The molecular formula is C17H14F3N3O2. The second kappa shape index (κ2) is 6.59. The third-order valence-corrected chi connectivity index (χ3v) is 3.94. The third kappa shape index (κ3) is 3.50. The van der Waals surface area contributed by atoms with Crippen LogP contribution < -0.4 is 0 Å². The van der Waals surface area contributed by atoms with Crippen molar-refractivity contribution >= 4 is 5.91 Å². The molecule has 2 aromatic rings. The molecule has 8 heteroatoms. The molecule has 0 bridgehead atoms. The van der Waals surface area contributed by atoms with Crippen LogP contribution in [0, 0.1) is 11.8 Å². The van der Waals surface area contributed by atoms with E-state index in [4.69, 9.17) is 4.52 Å². The summed E-state index contributed by atoms with van der Waals surface area (Å²) in [6.07, 6.45) is -2.93. The van der Waals surface area contributed by atoms with Crippen molar-refractivity contribution in [3.8, 4) is 23.2 Å². The summed E-state index contributed by atoms with van der Waals surface area (Å²) in [5, 5.41) is 3.82. The van der Waals surface area contributed by atoms with Crippen LogP contribution in [-0.4, -0.2) is 27.5 Å². The van der Waals surface area contributed by atoms with E-state index in [0.29, 0.717) is 18.5 Å². The molecule has 0 aliphatic carbocycles. The number of benzene rings is 1. The van der Waals surface area contributed by atoms with E-state index in [1.165, 1.54) is 12.1 Å². The van der Waals surface area contributed by atoms with Gasteiger partial charge in [-0.05, 0) is 37.8 Å². The summed E-state index contributed by atoms with van der Waals surface area (Å²) in [6.45, 7) is 2.13. The fourth-order valence-electron chi connectivity index (χ4n) is 2.74. The molecule has 1 aliphatic heterocycles. The van der Waals surface area contributed by atoms with E-state index in [9.17, 15) is 18.0 Å². The molecule has 1 aromatic heterocycles. The Labute approximate surface area is 141 Å². The molecule has 0 radical (unpaired) electrons. The van der Waals surface area contributed by atoms with Gasteiger partial charge in [0.2, 0.25) is 11.7 Å². The first-order valence-corrected chi connectivity index (χ1v) is 7.64. The molecule has 1 amide bonds. The van der Waals surface area contributed by atoms with Crippen LogP contribution >= 0.6 is 0 Å². The van der Waals surface area contributed by atoms with Crippen molar-refractivity contribution in [3.63, 3.8) is 0 Å². The number of rotatable bonds is 2. The molecule has 1 fully saturated rings. The fraction of sp³-hybridized carbons (Fsp3) is 0.353. The fourth-order valence-corrected chi connectivity index (χ4v) is 2.74. The largest absolute Gasteiger partial charge is 0.416 e. The van der Waals surface area contributed by atoms with Gasteiger partial charge in [0, 0.05) is 12.1 Å². The molecule has 0 spiro atoms. The lowest BCUT2D eigenvalue weighted by molar-refractivity contribution is -0.137. The third-order valence-electron chi connectivity index (χ3n) is 3.94. The van der Waals surface area contributed by atoms with E-state index >= 15 is 0 Å². The van der Waals surface area contributed by atoms with Crippen molar-refractivity contribution in [2.24, 2.45) is 0 Å². The Morgan fingerprint density at radius 3 is 2.68 bits per heavy atom. The predicted octanol–water partition coefficient (Wildman–Crippen LogP) is 3.44. The minimum Gasteiger partial charge on any atom is -0.337 e. The average Bonchev–Trinajstić information content (AvgIpc) is 3.23. The van der Waals surface area contributed by atoms with Gasteiger partial charge in [0.15, 0.2) is 0 Å². The zero-order valence-corrected chi connectivity index (χ0v) is 13.3. The molecular weight excluding hydrogens is 335 g/mol. The lowest BCUT2D eigenvalue weighted by atomic mass is 10.1. The molecule has 1 aliphatic rings. The maximum Gasteiger partial charge on any atom is 0.416 e. The second-order valence-corrected chi connectivity index (χ2v) is 5.56. The topological polar surface area (TPSA) is 59.2 Å². The van der Waals surface area contributed by atoms with Crippen molar-refractivity contribution in [1.29, 1.82) is 0 Å². The van der Waals surface area contributed by atoms with E-state index < -0.39 is 11.7 Å². The SMILES string of the molecule is CC#CC(=O)N1CCCC1c1nc(-c2ccc(C(F)(F)F)cc2)no1. The van der Waals surface area contributed by atoms with Crippen molar-refractivity contribution in [1.82, 2.24) is 15.0 Å². The summed E-state index contributed by atoms with van der Waals surface area (Å²) in [6, 6.07) is 4.15. The molecule has 1 aromatic carbocycles. The molecule has 5 nitrogen and oxygen atoms in total. The number of hydrogen-bond acceptors (Lipinski definition) is 4. The Bertz CT molecular complexity index is 831. The van der Waals surface area contributed by atoms with E-state index in [2.05, 4.69) is 22.0 Å². The normalized spacial score (nSPS) is 17.3. The predicted molar refractivity (Wildman–Crippen MR) is 81.9 cm³/mol. The van der Waals surface area contributed by atoms with Crippen molar-refractivity contribution < 1.29 is 22.5 Å². The van der Waals surface area contributed by atoms with Crippen LogP contribution in [-0.2, 0) is 11.0 Å². The second-order valence-electron chi connectivity index (χ2n) is 5.56. The first-order valence-electron chi connectivity index (χ1n) is 7.64. The lowest BCUT2D eigenvalue weighted by Gasteiger charge is -2.18. The molecule has 0 saturated carbocycles. The first-order chi connectivity index (χ1) is 11.9. The summed E-state index contributed by atoms with van der Waals surface area (Å²) < 4.78 is 43.1. The van der Waals surface area contributed by atoms with Gasteiger partial charge >= 0.3 is 6.18 Å². The Morgan fingerprint density at radius 1 is 1.32 bits per heavy atom. The molecule has 1 atom stereocenters. The number of likely N-dealkylation sites (tertiary alicyclic amines) is 1. The number of hydrogen-bond donors (Lipinski definition) is 0. The number of halogens is 3. The van der Waals surface area contributed by atoms with Crippen LogP contribution in [0.4, 0.5) is 13.2 Å². The van der Waals surface area contributed by atoms with E-state index in [1.807, 2.05) is 0 Å². The number of alkyl halides is 3. The molecule has 25 heavy (non-hydrogen) atoms. The van der Waals surface area contributed by atoms with Gasteiger partial charge in [0.25, 0.3) is 5.91 Å². The Morgan fingerprint density at radius 2 is 2.04 bits per heavy atom. The van der Waals surface area contributed by atoms with Crippen LogP contribution in [0.25, 0.3) is 11.4 Å². The van der Waals surface area contributed by atoms with Gasteiger partial charge in [0.1, 0.15) is 6.04 Å². The number of aromatic nitrogens is 2. The van der Waals surface area contributed by atoms with Crippen LogP contribution in [0.1, 0.15) is 37.3 Å². The van der Waals surface area contributed by atoms with Gasteiger partial charge < -0.3 is 9.42 Å². The van der Waals surface area contributed by atoms with Crippen LogP contribution in [0.2, 0.25) is 0 Å². The summed E-state index contributed by atoms with van der Waals surface area (Å²) in [5.74, 6) is 5.19. The summed E-state index contributed by atoms with van der Waals surface area (Å²) in [4.78, 5) is 17.8. The quantitative estimate of drug-likeness (QED) is 0.780. The Balaban J connectivity index is 1.82. The van der Waals surface area contributed by atoms with Crippen molar-refractivity contribution in [3.05, 3.63) is 35.7 Å². The van der Waals surface area contributed by atoms with Gasteiger partial charge in [-0.25, -0.2) is 0 Å². The summed E-state index contributed by atoms with van der Waals surface area (Å²) in [5.41, 5.74) is -0.335. The molecule has 1 unspecified atom stereocenters. The van der Waals surface area contributed by atoms with Crippen molar-refractivity contribution in [2.75, 3.05) is 6.54 Å². The highest BCUT2D eigenvalue weighted by Crippen LogP contribution is 2.33. The molecule has 0 N–H and O–H groups in total. The molecule has 2 heterocycles. The van der Waals surface area contributed by atoms with Gasteiger partial charge in [-0.1, -0.05) is 23.2 Å².